The average molecular weight is 225 g/mol. The van der Waals surface area contributed by atoms with Gasteiger partial charge in [0.2, 0.25) is 0 Å². The summed E-state index contributed by atoms with van der Waals surface area (Å²) in [7, 11) is 0. The number of hydrogen-bond donors (Lipinski definition) is 1. The molecule has 0 saturated carbocycles. The molecule has 0 spiro atoms. The number of Topliss-reactive ketones (excluding diaryl/α,β-unsaturated/α-hetero) is 1. The smallest absolute Gasteiger partial charge is 0.177 e. The number of unbranched alkanes of at least 4 members (excludes halogenated alkanes) is 8. The minimum atomic E-state index is 0.0166. The van der Waals surface area contributed by atoms with Crippen LogP contribution in [-0.2, 0) is 4.79 Å². The summed E-state index contributed by atoms with van der Waals surface area (Å²) < 4.78 is 0. The largest absolute Gasteiger partial charge is 0.396 e. The van der Waals surface area contributed by atoms with Gasteiger partial charge in [0.25, 0.3) is 0 Å². The second kappa shape index (κ2) is 10.7. The van der Waals surface area contributed by atoms with Gasteiger partial charge in [-0.2, -0.15) is 0 Å². The fraction of sp³-hybridized carbons (Fsp3) is 0.786. The fourth-order valence-corrected chi connectivity index (χ4v) is 1.76. The number of allylic oxidation sites excluding steroid dienone is 1. The van der Waals surface area contributed by atoms with Crippen LogP contribution in [0, 0.1) is 0 Å². The minimum absolute atomic E-state index is 0.0166. The molecule has 0 aromatic carbocycles. The molecule has 2 heteroatoms. The van der Waals surface area contributed by atoms with Gasteiger partial charge in [-0.05, 0) is 6.42 Å². The highest BCUT2D eigenvalue weighted by atomic mass is 16.1. The Balaban J connectivity index is 3.10. The SMILES string of the molecule is C=C(N)C(=O)CCCCCCCCCCC. The maximum atomic E-state index is 11.1. The van der Waals surface area contributed by atoms with Crippen molar-refractivity contribution in [3.05, 3.63) is 12.3 Å². The zero-order chi connectivity index (χ0) is 12.2. The van der Waals surface area contributed by atoms with E-state index in [1.54, 1.807) is 0 Å². The van der Waals surface area contributed by atoms with E-state index in [1.807, 2.05) is 0 Å². The normalized spacial score (nSPS) is 10.3. The van der Waals surface area contributed by atoms with Crippen molar-refractivity contribution < 1.29 is 4.79 Å². The van der Waals surface area contributed by atoms with E-state index in [-0.39, 0.29) is 11.5 Å². The molecule has 0 bridgehead atoms. The van der Waals surface area contributed by atoms with Gasteiger partial charge in [-0.1, -0.05) is 64.9 Å². The Bertz CT molecular complexity index is 199. The molecule has 0 aromatic heterocycles. The lowest BCUT2D eigenvalue weighted by molar-refractivity contribution is -0.115. The highest BCUT2D eigenvalue weighted by molar-refractivity contribution is 5.93. The molecule has 0 radical (unpaired) electrons. The van der Waals surface area contributed by atoms with Gasteiger partial charge in [-0.15, -0.1) is 0 Å². The van der Waals surface area contributed by atoms with E-state index in [0.717, 1.165) is 12.8 Å². The lowest BCUT2D eigenvalue weighted by atomic mass is 10.1. The molecule has 0 saturated heterocycles. The molecule has 0 aliphatic rings. The van der Waals surface area contributed by atoms with Crippen LogP contribution in [0.15, 0.2) is 12.3 Å². The van der Waals surface area contributed by atoms with Gasteiger partial charge in [0.15, 0.2) is 5.78 Å². The van der Waals surface area contributed by atoms with Gasteiger partial charge < -0.3 is 5.73 Å². The van der Waals surface area contributed by atoms with E-state index in [9.17, 15) is 4.79 Å². The van der Waals surface area contributed by atoms with Crippen molar-refractivity contribution >= 4 is 5.78 Å². The predicted octanol–water partition coefficient (Wildman–Crippen LogP) is 3.95. The van der Waals surface area contributed by atoms with Crippen molar-refractivity contribution in [2.75, 3.05) is 0 Å². The Morgan fingerprint density at radius 3 is 1.81 bits per heavy atom. The van der Waals surface area contributed by atoms with Gasteiger partial charge in [0.1, 0.15) is 0 Å². The summed E-state index contributed by atoms with van der Waals surface area (Å²) in [6.45, 7) is 5.68. The third-order valence-corrected chi connectivity index (χ3v) is 2.87. The molecule has 2 nitrogen and oxygen atoms in total. The van der Waals surface area contributed by atoms with Crippen molar-refractivity contribution in [1.82, 2.24) is 0 Å². The Hall–Kier alpha value is -0.790. The fourth-order valence-electron chi connectivity index (χ4n) is 1.76. The van der Waals surface area contributed by atoms with Crippen LogP contribution in [0.5, 0.6) is 0 Å². The van der Waals surface area contributed by atoms with Crippen LogP contribution < -0.4 is 5.73 Å². The highest BCUT2D eigenvalue weighted by Gasteiger charge is 2.01. The Morgan fingerprint density at radius 2 is 1.38 bits per heavy atom. The molecule has 0 amide bonds. The molecule has 94 valence electrons. The van der Waals surface area contributed by atoms with Gasteiger partial charge in [-0.3, -0.25) is 4.79 Å². The molecule has 0 aliphatic heterocycles. The number of rotatable bonds is 11. The van der Waals surface area contributed by atoms with Gasteiger partial charge in [0, 0.05) is 6.42 Å². The summed E-state index contributed by atoms with van der Waals surface area (Å²) in [5.41, 5.74) is 5.51. The Kier molecular flexibility index (Phi) is 10.2. The molecular formula is C14H27NO. The Labute approximate surface area is 100 Å². The van der Waals surface area contributed by atoms with E-state index in [1.165, 1.54) is 44.9 Å². The second-order valence-electron chi connectivity index (χ2n) is 4.53. The molecule has 0 heterocycles. The molecule has 0 rings (SSSR count). The zero-order valence-electron chi connectivity index (χ0n) is 10.8. The second-order valence-corrected chi connectivity index (χ2v) is 4.53. The Morgan fingerprint density at radius 1 is 0.938 bits per heavy atom. The number of ketones is 1. The summed E-state index contributed by atoms with van der Waals surface area (Å²) >= 11 is 0. The van der Waals surface area contributed by atoms with E-state index in [0.29, 0.717) is 6.42 Å². The topological polar surface area (TPSA) is 43.1 Å². The first-order valence-electron chi connectivity index (χ1n) is 6.66. The van der Waals surface area contributed by atoms with E-state index in [2.05, 4.69) is 13.5 Å². The van der Waals surface area contributed by atoms with E-state index < -0.39 is 0 Å². The van der Waals surface area contributed by atoms with Crippen LogP contribution in [0.25, 0.3) is 0 Å². The minimum Gasteiger partial charge on any atom is -0.396 e. The summed E-state index contributed by atoms with van der Waals surface area (Å²) in [6, 6.07) is 0. The van der Waals surface area contributed by atoms with Gasteiger partial charge >= 0.3 is 0 Å². The quantitative estimate of drug-likeness (QED) is 0.427. The molecule has 16 heavy (non-hydrogen) atoms. The monoisotopic (exact) mass is 225 g/mol. The first-order valence-corrected chi connectivity index (χ1v) is 6.66. The van der Waals surface area contributed by atoms with Crippen LogP contribution in [-0.4, -0.2) is 5.78 Å². The number of hydrogen-bond acceptors (Lipinski definition) is 2. The summed E-state index contributed by atoms with van der Waals surface area (Å²) in [6.07, 6.45) is 12.0. The van der Waals surface area contributed by atoms with Crippen LogP contribution in [0.4, 0.5) is 0 Å². The number of carbonyl (C=O) groups excluding carboxylic acids is 1. The van der Waals surface area contributed by atoms with Crippen molar-refractivity contribution in [1.29, 1.82) is 0 Å². The summed E-state index contributed by atoms with van der Waals surface area (Å²) in [4.78, 5) is 11.1. The lowest BCUT2D eigenvalue weighted by Crippen LogP contribution is -2.08. The maximum Gasteiger partial charge on any atom is 0.177 e. The molecule has 0 aromatic rings. The first kappa shape index (κ1) is 15.2. The maximum absolute atomic E-state index is 11.1. The van der Waals surface area contributed by atoms with E-state index >= 15 is 0 Å². The van der Waals surface area contributed by atoms with Crippen LogP contribution in [0.2, 0.25) is 0 Å². The van der Waals surface area contributed by atoms with Gasteiger partial charge in [0.05, 0.1) is 5.70 Å². The lowest BCUT2D eigenvalue weighted by Gasteiger charge is -2.01. The van der Waals surface area contributed by atoms with Gasteiger partial charge in [-0.25, -0.2) is 0 Å². The van der Waals surface area contributed by atoms with Crippen molar-refractivity contribution in [3.8, 4) is 0 Å². The van der Waals surface area contributed by atoms with Crippen molar-refractivity contribution in [3.63, 3.8) is 0 Å². The predicted molar refractivity (Wildman–Crippen MR) is 70.2 cm³/mol. The van der Waals surface area contributed by atoms with Crippen molar-refractivity contribution in [2.45, 2.75) is 71.1 Å². The average Bonchev–Trinajstić information content (AvgIpc) is 2.26. The van der Waals surface area contributed by atoms with Crippen LogP contribution >= 0.6 is 0 Å². The standard InChI is InChI=1S/C14H27NO/c1-3-4-5-6-7-8-9-10-11-12-14(16)13(2)15/h2-12,15H2,1H3. The zero-order valence-corrected chi connectivity index (χ0v) is 10.8. The first-order chi connectivity index (χ1) is 7.68. The molecular weight excluding hydrogens is 198 g/mol. The summed E-state index contributed by atoms with van der Waals surface area (Å²) in [5.74, 6) is 0.0166. The number of nitrogens with two attached hydrogens (primary N) is 1. The van der Waals surface area contributed by atoms with Crippen LogP contribution in [0.3, 0.4) is 0 Å². The molecule has 2 N–H and O–H groups in total. The van der Waals surface area contributed by atoms with E-state index in [4.69, 9.17) is 5.73 Å². The molecule has 0 fully saturated rings. The van der Waals surface area contributed by atoms with Crippen LogP contribution in [0.1, 0.15) is 71.1 Å². The highest BCUT2D eigenvalue weighted by Crippen LogP contribution is 2.10. The molecule has 0 atom stereocenters. The third-order valence-electron chi connectivity index (χ3n) is 2.87. The molecule has 0 unspecified atom stereocenters. The summed E-state index contributed by atoms with van der Waals surface area (Å²) in [5, 5.41) is 0. The third kappa shape index (κ3) is 9.75. The molecule has 0 aliphatic carbocycles. The number of carbonyl (C=O) groups is 1. The van der Waals surface area contributed by atoms with Crippen molar-refractivity contribution in [2.24, 2.45) is 5.73 Å².